The quantitative estimate of drug-likeness (QED) is 0.814. The van der Waals surface area contributed by atoms with Crippen molar-refractivity contribution >= 4 is 17.4 Å². The van der Waals surface area contributed by atoms with Crippen LogP contribution in [0.15, 0.2) is 42.6 Å². The highest BCUT2D eigenvalue weighted by Crippen LogP contribution is 2.17. The third-order valence-corrected chi connectivity index (χ3v) is 5.05. The van der Waals surface area contributed by atoms with Gasteiger partial charge in [-0.25, -0.2) is 0 Å². The maximum atomic E-state index is 12.2. The Kier molecular flexibility index (Phi) is 6.60. The highest BCUT2D eigenvalue weighted by atomic mass is 35.5. The van der Waals surface area contributed by atoms with Gasteiger partial charge in [-0.15, -0.1) is 0 Å². The second-order valence-electron chi connectivity index (χ2n) is 6.93. The van der Waals surface area contributed by atoms with Gasteiger partial charge < -0.3 is 5.32 Å². The van der Waals surface area contributed by atoms with Gasteiger partial charge in [0.2, 0.25) is 0 Å². The van der Waals surface area contributed by atoms with Gasteiger partial charge in [-0.05, 0) is 68.0 Å². The van der Waals surface area contributed by atoms with E-state index in [-0.39, 0.29) is 5.78 Å². The van der Waals surface area contributed by atoms with Crippen LogP contribution in [0.3, 0.4) is 0 Å². The fourth-order valence-electron chi connectivity index (χ4n) is 3.37. The number of rotatable bonds is 7. The lowest BCUT2D eigenvalue weighted by molar-refractivity contribution is -0.117. The van der Waals surface area contributed by atoms with E-state index in [1.54, 1.807) is 12.3 Å². The van der Waals surface area contributed by atoms with Crippen molar-refractivity contribution in [2.24, 2.45) is 5.92 Å². The summed E-state index contributed by atoms with van der Waals surface area (Å²) < 4.78 is 0. The number of hydrogen-bond acceptors (Lipinski definition) is 3. The zero-order valence-electron chi connectivity index (χ0n) is 14.5. The number of hydrogen-bond donors (Lipinski definition) is 1. The molecule has 0 aliphatic carbocycles. The molecule has 1 saturated heterocycles. The van der Waals surface area contributed by atoms with Crippen LogP contribution in [-0.4, -0.2) is 23.9 Å². The predicted molar refractivity (Wildman–Crippen MR) is 102 cm³/mol. The molecule has 25 heavy (non-hydrogen) atoms. The monoisotopic (exact) mass is 356 g/mol. The second-order valence-corrected chi connectivity index (χ2v) is 7.36. The number of nitrogens with one attached hydrogen (secondary N) is 1. The number of nitrogens with zero attached hydrogens (tertiary/aromatic N) is 1. The minimum Gasteiger partial charge on any atom is -0.316 e. The zero-order valence-corrected chi connectivity index (χ0v) is 15.3. The first-order valence-electron chi connectivity index (χ1n) is 9.10. The Labute approximate surface area is 154 Å². The van der Waals surface area contributed by atoms with Crippen LogP contribution in [0.1, 0.15) is 36.1 Å². The molecular weight excluding hydrogens is 332 g/mol. The zero-order chi connectivity index (χ0) is 17.5. The van der Waals surface area contributed by atoms with Crippen LogP contribution in [0.5, 0.6) is 0 Å². The largest absolute Gasteiger partial charge is 0.316 e. The lowest BCUT2D eigenvalue weighted by Gasteiger charge is -2.22. The average Bonchev–Trinajstić information content (AvgIpc) is 2.64. The maximum Gasteiger partial charge on any atom is 0.143 e. The first kappa shape index (κ1) is 18.1. The minimum absolute atomic E-state index is 0.177. The van der Waals surface area contributed by atoms with E-state index in [4.69, 9.17) is 11.6 Å². The molecule has 0 amide bonds. The van der Waals surface area contributed by atoms with Crippen molar-refractivity contribution < 1.29 is 4.79 Å². The molecule has 1 N–H and O–H groups in total. The molecule has 3 rings (SSSR count). The molecule has 2 heterocycles. The molecule has 0 saturated carbocycles. The Bertz CT molecular complexity index is 676. The van der Waals surface area contributed by atoms with Crippen molar-refractivity contribution in [3.63, 3.8) is 0 Å². The number of aryl methyl sites for hydroxylation is 1. The van der Waals surface area contributed by atoms with Crippen molar-refractivity contribution in [2.45, 2.75) is 38.5 Å². The summed E-state index contributed by atoms with van der Waals surface area (Å²) in [6.07, 6.45) is 7.40. The van der Waals surface area contributed by atoms with Gasteiger partial charge in [-0.1, -0.05) is 35.9 Å². The normalized spacial score (nSPS) is 17.4. The molecule has 1 aromatic heterocycles. The number of piperidine rings is 1. The number of carbonyl (C=O) groups is 1. The summed E-state index contributed by atoms with van der Waals surface area (Å²) in [5.41, 5.74) is 3.20. The van der Waals surface area contributed by atoms with E-state index in [1.165, 1.54) is 31.4 Å². The van der Waals surface area contributed by atoms with Crippen LogP contribution in [0.25, 0.3) is 0 Å². The summed E-state index contributed by atoms with van der Waals surface area (Å²) in [6.45, 7) is 2.33. The first-order valence-corrected chi connectivity index (χ1v) is 9.47. The number of halogens is 1. The van der Waals surface area contributed by atoms with Gasteiger partial charge in [0.15, 0.2) is 0 Å². The molecule has 1 atom stereocenters. The molecule has 1 aliphatic rings. The summed E-state index contributed by atoms with van der Waals surface area (Å²) >= 11 is 5.82. The third-order valence-electron chi connectivity index (χ3n) is 4.83. The molecule has 3 nitrogen and oxygen atoms in total. The van der Waals surface area contributed by atoms with Crippen LogP contribution in [-0.2, 0) is 24.1 Å². The molecule has 0 radical (unpaired) electrons. The molecule has 1 fully saturated rings. The Hall–Kier alpha value is -1.71. The van der Waals surface area contributed by atoms with Gasteiger partial charge in [0.25, 0.3) is 0 Å². The van der Waals surface area contributed by atoms with Crippen LogP contribution in [0.4, 0.5) is 0 Å². The second kappa shape index (κ2) is 9.12. The van der Waals surface area contributed by atoms with Crippen molar-refractivity contribution in [3.8, 4) is 0 Å². The van der Waals surface area contributed by atoms with Crippen molar-refractivity contribution in [1.82, 2.24) is 10.3 Å². The van der Waals surface area contributed by atoms with Gasteiger partial charge in [-0.3, -0.25) is 9.78 Å². The molecule has 1 unspecified atom stereocenters. The molecule has 132 valence electrons. The number of Topliss-reactive ketones (excluding diaryl/α,β-unsaturated/α-hetero) is 1. The van der Waals surface area contributed by atoms with E-state index in [0.29, 0.717) is 17.9 Å². The number of benzene rings is 1. The van der Waals surface area contributed by atoms with Gasteiger partial charge >= 0.3 is 0 Å². The van der Waals surface area contributed by atoms with E-state index < -0.39 is 0 Å². The Balaban J connectivity index is 1.46. The molecule has 4 heteroatoms. The van der Waals surface area contributed by atoms with Gasteiger partial charge in [0.1, 0.15) is 5.78 Å². The summed E-state index contributed by atoms with van der Waals surface area (Å²) in [5.74, 6) is 0.984. The average molecular weight is 357 g/mol. The number of carbonyl (C=O) groups excluding carboxylic acids is 1. The highest BCUT2D eigenvalue weighted by Gasteiger charge is 2.12. The smallest absolute Gasteiger partial charge is 0.143 e. The van der Waals surface area contributed by atoms with E-state index in [2.05, 4.69) is 34.6 Å². The minimum atomic E-state index is 0.177. The standard InChI is InChI=1S/C21H25ClN2O/c22-19-9-10-20(24-15-19)13-21(25)12-17-6-3-16(4-7-17)5-8-18-2-1-11-23-14-18/h3-4,6-7,9-10,15,18,23H,1-2,5,8,11-14H2. The van der Waals surface area contributed by atoms with Crippen molar-refractivity contribution in [1.29, 1.82) is 0 Å². The van der Waals surface area contributed by atoms with E-state index in [1.807, 2.05) is 6.07 Å². The van der Waals surface area contributed by atoms with Gasteiger partial charge in [0.05, 0.1) is 5.02 Å². The van der Waals surface area contributed by atoms with Gasteiger partial charge in [0, 0.05) is 24.7 Å². The van der Waals surface area contributed by atoms with Gasteiger partial charge in [-0.2, -0.15) is 0 Å². The van der Waals surface area contributed by atoms with Crippen molar-refractivity contribution in [2.75, 3.05) is 13.1 Å². The SMILES string of the molecule is O=C(Cc1ccc(CCC2CCCNC2)cc1)Cc1ccc(Cl)cn1. The molecule has 1 aliphatic heterocycles. The Morgan fingerprint density at radius 1 is 1.12 bits per heavy atom. The molecule has 2 aromatic rings. The number of ketones is 1. The predicted octanol–water partition coefficient (Wildman–Crippen LogP) is 4.02. The number of pyridine rings is 1. The Morgan fingerprint density at radius 2 is 1.92 bits per heavy atom. The summed E-state index contributed by atoms with van der Waals surface area (Å²) in [6, 6.07) is 12.1. The molecule has 0 bridgehead atoms. The fraction of sp³-hybridized carbons (Fsp3) is 0.429. The molecular formula is C21H25ClN2O. The third kappa shape index (κ3) is 5.94. The fourth-order valence-corrected chi connectivity index (χ4v) is 3.48. The van der Waals surface area contributed by atoms with Crippen LogP contribution in [0, 0.1) is 5.92 Å². The first-order chi connectivity index (χ1) is 12.2. The summed E-state index contributed by atoms with van der Waals surface area (Å²) in [7, 11) is 0. The molecule has 1 aromatic carbocycles. The van der Waals surface area contributed by atoms with Crippen molar-refractivity contribution in [3.05, 3.63) is 64.4 Å². The summed E-state index contributed by atoms with van der Waals surface area (Å²) in [5, 5.41) is 4.07. The molecule has 0 spiro atoms. The van der Waals surface area contributed by atoms with Crippen LogP contribution >= 0.6 is 11.6 Å². The van der Waals surface area contributed by atoms with Crippen LogP contribution < -0.4 is 5.32 Å². The Morgan fingerprint density at radius 3 is 2.60 bits per heavy atom. The summed E-state index contributed by atoms with van der Waals surface area (Å²) in [4.78, 5) is 16.4. The topological polar surface area (TPSA) is 42.0 Å². The highest BCUT2D eigenvalue weighted by molar-refractivity contribution is 6.30. The lowest BCUT2D eigenvalue weighted by Crippen LogP contribution is -2.29. The van der Waals surface area contributed by atoms with E-state index in [0.717, 1.165) is 30.1 Å². The van der Waals surface area contributed by atoms with E-state index in [9.17, 15) is 4.79 Å². The number of aromatic nitrogens is 1. The maximum absolute atomic E-state index is 12.2. The van der Waals surface area contributed by atoms with Crippen LogP contribution in [0.2, 0.25) is 5.02 Å². The van der Waals surface area contributed by atoms with E-state index >= 15 is 0 Å². The lowest BCUT2D eigenvalue weighted by atomic mass is 9.92.